The van der Waals surface area contributed by atoms with Gasteiger partial charge in [0, 0.05) is 18.1 Å². The van der Waals surface area contributed by atoms with Crippen molar-refractivity contribution in [2.24, 2.45) is 0 Å². The number of hydrogen-bond acceptors (Lipinski definition) is 4. The molecular formula is C16H26ClN3O3S. The summed E-state index contributed by atoms with van der Waals surface area (Å²) in [6.45, 7) is 1.39. The molecule has 0 fully saturated rings. The van der Waals surface area contributed by atoms with Gasteiger partial charge >= 0.3 is 0 Å². The zero-order chi connectivity index (χ0) is 18.2. The predicted molar refractivity (Wildman–Crippen MR) is 97.8 cm³/mol. The summed E-state index contributed by atoms with van der Waals surface area (Å²) in [4.78, 5) is 14.0. The molecule has 1 rings (SSSR count). The number of hydrogen-bond donors (Lipinski definition) is 1. The normalized spacial score (nSPS) is 11.9. The van der Waals surface area contributed by atoms with Crippen LogP contribution in [0.1, 0.15) is 12.0 Å². The number of sulfonamides is 1. The molecule has 0 saturated heterocycles. The third-order valence-corrected chi connectivity index (χ3v) is 4.91. The minimum absolute atomic E-state index is 0.151. The maximum atomic E-state index is 12.0. The van der Waals surface area contributed by atoms with E-state index < -0.39 is 10.0 Å². The van der Waals surface area contributed by atoms with Crippen molar-refractivity contribution in [2.45, 2.75) is 12.8 Å². The lowest BCUT2D eigenvalue weighted by atomic mass is 10.1. The topological polar surface area (TPSA) is 69.7 Å². The standard InChI is InChI=1S/C16H26ClN3O3S/c1-19(2)10-5-11-20(24(3,22)23)13-16(21)18-9-8-14-6-4-7-15(17)12-14/h4,6-7,12H,5,8-11,13H2,1-3H3,(H,18,21). The maximum absolute atomic E-state index is 12.0. The maximum Gasteiger partial charge on any atom is 0.235 e. The molecule has 8 heteroatoms. The minimum Gasteiger partial charge on any atom is -0.355 e. The van der Waals surface area contributed by atoms with Gasteiger partial charge in [-0.15, -0.1) is 0 Å². The number of rotatable bonds is 10. The van der Waals surface area contributed by atoms with Gasteiger partial charge in [0.05, 0.1) is 12.8 Å². The van der Waals surface area contributed by atoms with Crippen LogP contribution in [-0.2, 0) is 21.2 Å². The van der Waals surface area contributed by atoms with Gasteiger partial charge in [-0.2, -0.15) is 4.31 Å². The largest absolute Gasteiger partial charge is 0.355 e. The lowest BCUT2D eigenvalue weighted by Crippen LogP contribution is -2.41. The summed E-state index contributed by atoms with van der Waals surface area (Å²) in [6, 6.07) is 7.43. The van der Waals surface area contributed by atoms with Crippen LogP contribution in [0.3, 0.4) is 0 Å². The van der Waals surface area contributed by atoms with Crippen molar-refractivity contribution in [3.8, 4) is 0 Å². The molecule has 0 spiro atoms. The predicted octanol–water partition coefficient (Wildman–Crippen LogP) is 1.21. The highest BCUT2D eigenvalue weighted by Crippen LogP contribution is 2.10. The van der Waals surface area contributed by atoms with Crippen LogP contribution < -0.4 is 5.32 Å². The first-order valence-corrected chi connectivity index (χ1v) is 10.0. The van der Waals surface area contributed by atoms with E-state index in [1.54, 1.807) is 6.07 Å². The van der Waals surface area contributed by atoms with Crippen LogP contribution in [-0.4, -0.2) is 70.1 Å². The molecule has 0 saturated carbocycles. The molecule has 1 N–H and O–H groups in total. The van der Waals surface area contributed by atoms with E-state index in [1.807, 2.05) is 37.2 Å². The fourth-order valence-electron chi connectivity index (χ4n) is 2.18. The fraction of sp³-hybridized carbons (Fsp3) is 0.562. The smallest absolute Gasteiger partial charge is 0.235 e. The van der Waals surface area contributed by atoms with Gasteiger partial charge in [0.2, 0.25) is 15.9 Å². The molecule has 0 bridgehead atoms. The Labute approximate surface area is 149 Å². The van der Waals surface area contributed by atoms with Crippen molar-refractivity contribution in [3.05, 3.63) is 34.9 Å². The molecule has 6 nitrogen and oxygen atoms in total. The van der Waals surface area contributed by atoms with Crippen molar-refractivity contribution < 1.29 is 13.2 Å². The number of nitrogens with one attached hydrogen (secondary N) is 1. The molecule has 0 atom stereocenters. The molecule has 0 radical (unpaired) electrons. The first-order valence-electron chi connectivity index (χ1n) is 7.79. The Kier molecular flexibility index (Phi) is 8.69. The highest BCUT2D eigenvalue weighted by atomic mass is 35.5. The van der Waals surface area contributed by atoms with Gasteiger partial charge in [0.25, 0.3) is 0 Å². The fourth-order valence-corrected chi connectivity index (χ4v) is 3.21. The Morgan fingerprint density at radius 1 is 1.25 bits per heavy atom. The molecule has 1 amide bonds. The Bertz CT molecular complexity index is 635. The summed E-state index contributed by atoms with van der Waals surface area (Å²) in [6.07, 6.45) is 2.45. The highest BCUT2D eigenvalue weighted by Gasteiger charge is 2.19. The third-order valence-electron chi connectivity index (χ3n) is 3.43. The van der Waals surface area contributed by atoms with E-state index in [4.69, 9.17) is 11.6 Å². The Balaban J connectivity index is 2.44. The average Bonchev–Trinajstić information content (AvgIpc) is 2.45. The number of halogens is 1. The summed E-state index contributed by atoms with van der Waals surface area (Å²) in [5, 5.41) is 3.41. The van der Waals surface area contributed by atoms with Gasteiger partial charge in [-0.1, -0.05) is 23.7 Å². The summed E-state index contributed by atoms with van der Waals surface area (Å²) in [5.74, 6) is -0.299. The average molecular weight is 376 g/mol. The van der Waals surface area contributed by atoms with Crippen LogP contribution in [0.5, 0.6) is 0 Å². The van der Waals surface area contributed by atoms with E-state index in [1.165, 1.54) is 4.31 Å². The molecule has 0 aliphatic carbocycles. The lowest BCUT2D eigenvalue weighted by Gasteiger charge is -2.20. The molecule has 0 unspecified atom stereocenters. The van der Waals surface area contributed by atoms with E-state index in [2.05, 4.69) is 5.32 Å². The number of benzene rings is 1. The molecule has 136 valence electrons. The van der Waals surface area contributed by atoms with Crippen molar-refractivity contribution in [2.75, 3.05) is 46.5 Å². The van der Waals surface area contributed by atoms with Gasteiger partial charge in [-0.3, -0.25) is 4.79 Å². The molecular weight excluding hydrogens is 350 g/mol. The van der Waals surface area contributed by atoms with Crippen LogP contribution in [0.4, 0.5) is 0 Å². The van der Waals surface area contributed by atoms with E-state index in [0.717, 1.165) is 18.4 Å². The quantitative estimate of drug-likeness (QED) is 0.667. The summed E-state index contributed by atoms with van der Waals surface area (Å²) in [5.41, 5.74) is 1.02. The highest BCUT2D eigenvalue weighted by molar-refractivity contribution is 7.88. The van der Waals surface area contributed by atoms with Gasteiger partial charge in [-0.05, 0) is 51.2 Å². The van der Waals surface area contributed by atoms with Crippen molar-refractivity contribution in [1.29, 1.82) is 0 Å². The third kappa shape index (κ3) is 8.63. The van der Waals surface area contributed by atoms with E-state index in [0.29, 0.717) is 31.0 Å². The molecule has 1 aromatic rings. The van der Waals surface area contributed by atoms with Crippen LogP contribution in [0.25, 0.3) is 0 Å². The summed E-state index contributed by atoms with van der Waals surface area (Å²) >= 11 is 5.91. The van der Waals surface area contributed by atoms with Gasteiger partial charge in [-0.25, -0.2) is 8.42 Å². The zero-order valence-electron chi connectivity index (χ0n) is 14.5. The SMILES string of the molecule is CN(C)CCCN(CC(=O)NCCc1cccc(Cl)c1)S(C)(=O)=O. The first kappa shape index (κ1) is 20.9. The van der Waals surface area contributed by atoms with Crippen molar-refractivity contribution >= 4 is 27.5 Å². The second-order valence-electron chi connectivity index (χ2n) is 5.98. The second-order valence-corrected chi connectivity index (χ2v) is 8.40. The first-order chi connectivity index (χ1) is 11.2. The van der Waals surface area contributed by atoms with Crippen LogP contribution in [0.15, 0.2) is 24.3 Å². The van der Waals surface area contributed by atoms with Crippen molar-refractivity contribution in [1.82, 2.24) is 14.5 Å². The van der Waals surface area contributed by atoms with Gasteiger partial charge in [0.15, 0.2) is 0 Å². The second kappa shape index (κ2) is 9.98. The van der Waals surface area contributed by atoms with E-state index in [-0.39, 0.29) is 12.5 Å². The van der Waals surface area contributed by atoms with E-state index >= 15 is 0 Å². The zero-order valence-corrected chi connectivity index (χ0v) is 16.0. The van der Waals surface area contributed by atoms with Crippen LogP contribution >= 0.6 is 11.6 Å². The molecule has 0 aromatic heterocycles. The molecule has 0 aliphatic rings. The minimum atomic E-state index is -3.40. The van der Waals surface area contributed by atoms with E-state index in [9.17, 15) is 13.2 Å². The Morgan fingerprint density at radius 3 is 2.54 bits per heavy atom. The van der Waals surface area contributed by atoms with Crippen LogP contribution in [0.2, 0.25) is 5.02 Å². The van der Waals surface area contributed by atoms with Crippen LogP contribution in [0, 0.1) is 0 Å². The summed E-state index contributed by atoms with van der Waals surface area (Å²) in [7, 11) is 0.444. The molecule has 1 aromatic carbocycles. The number of carbonyl (C=O) groups is 1. The monoisotopic (exact) mass is 375 g/mol. The molecule has 0 heterocycles. The number of carbonyl (C=O) groups excluding carboxylic acids is 1. The number of amides is 1. The summed E-state index contributed by atoms with van der Waals surface area (Å²) < 4.78 is 24.8. The number of nitrogens with zero attached hydrogens (tertiary/aromatic N) is 2. The Hall–Kier alpha value is -1.15. The Morgan fingerprint density at radius 2 is 1.96 bits per heavy atom. The lowest BCUT2D eigenvalue weighted by molar-refractivity contribution is -0.121. The molecule has 24 heavy (non-hydrogen) atoms. The van der Waals surface area contributed by atoms with Gasteiger partial charge < -0.3 is 10.2 Å². The van der Waals surface area contributed by atoms with Crippen molar-refractivity contribution in [3.63, 3.8) is 0 Å². The molecule has 0 aliphatic heterocycles. The van der Waals surface area contributed by atoms with Gasteiger partial charge in [0.1, 0.15) is 0 Å².